The molecule has 0 aromatic heterocycles. The molecule has 0 aliphatic carbocycles. The fourth-order valence-corrected chi connectivity index (χ4v) is 4.63. The number of carbonyl (C=O) groups excluding carboxylic acids is 4. The molecule has 0 bridgehead atoms. The Morgan fingerprint density at radius 1 is 0.860 bits per heavy atom. The maximum Gasteiger partial charge on any atom is 0.257 e. The van der Waals surface area contributed by atoms with E-state index in [1.54, 1.807) is 36.4 Å². The van der Waals surface area contributed by atoms with Crippen LogP contribution in [0.1, 0.15) is 53.5 Å². The zero-order chi connectivity index (χ0) is 31.7. The van der Waals surface area contributed by atoms with Crippen molar-refractivity contribution in [2.24, 2.45) is 0 Å². The van der Waals surface area contributed by atoms with Gasteiger partial charge in [-0.05, 0) is 72.0 Å². The Labute approximate surface area is 255 Å². The molecule has 0 aliphatic rings. The number of rotatable bonds is 11. The van der Waals surface area contributed by atoms with Gasteiger partial charge in [0, 0.05) is 39.7 Å². The maximum absolute atomic E-state index is 13.3. The lowest BCUT2D eigenvalue weighted by Crippen LogP contribution is -2.44. The van der Waals surface area contributed by atoms with Crippen LogP contribution in [-0.2, 0) is 21.0 Å². The van der Waals surface area contributed by atoms with Crippen molar-refractivity contribution in [2.75, 3.05) is 35.1 Å². The molecule has 12 heteroatoms. The third-order valence-corrected chi connectivity index (χ3v) is 7.28. The van der Waals surface area contributed by atoms with Gasteiger partial charge in [-0.1, -0.05) is 32.9 Å². The quantitative estimate of drug-likeness (QED) is 0.239. The van der Waals surface area contributed by atoms with Crippen molar-refractivity contribution >= 4 is 59.2 Å². The van der Waals surface area contributed by atoms with E-state index in [0.29, 0.717) is 17.0 Å². The van der Waals surface area contributed by atoms with Gasteiger partial charge in [-0.3, -0.25) is 23.4 Å². The molecule has 224 valence electrons. The second kappa shape index (κ2) is 14.6. The molecule has 3 aromatic rings. The Kier molecular flexibility index (Phi) is 11.3. The first-order valence-electron chi connectivity index (χ1n) is 13.4. The summed E-state index contributed by atoms with van der Waals surface area (Å²) in [6.45, 7) is 6.21. The highest BCUT2D eigenvalue weighted by atomic mass is 32.2. The van der Waals surface area contributed by atoms with Crippen LogP contribution in [0.15, 0.2) is 66.7 Å². The van der Waals surface area contributed by atoms with Crippen molar-refractivity contribution in [3.05, 3.63) is 83.4 Å². The molecular weight excluding hydrogens is 567 g/mol. The first kappa shape index (κ1) is 33.1. The van der Waals surface area contributed by atoms with Gasteiger partial charge in [0.05, 0.1) is 18.4 Å². The molecule has 10 nitrogen and oxygen atoms in total. The molecule has 2 atom stereocenters. The van der Waals surface area contributed by atoms with Gasteiger partial charge in [-0.15, -0.1) is 0 Å². The van der Waals surface area contributed by atoms with Crippen LogP contribution in [0.3, 0.4) is 0 Å². The van der Waals surface area contributed by atoms with Gasteiger partial charge in [0.15, 0.2) is 5.81 Å². The number of ether oxygens (including phenoxy) is 1. The van der Waals surface area contributed by atoms with E-state index in [2.05, 4.69) is 42.0 Å². The van der Waals surface area contributed by atoms with Gasteiger partial charge in [0.2, 0.25) is 13.8 Å². The zero-order valence-corrected chi connectivity index (χ0v) is 25.6. The van der Waals surface area contributed by atoms with E-state index in [0.717, 1.165) is 5.56 Å². The first-order chi connectivity index (χ1) is 20.3. The number of hydrogen-bond acceptors (Lipinski definition) is 6. The Hall–Kier alpha value is -4.45. The summed E-state index contributed by atoms with van der Waals surface area (Å²) < 4.78 is 16.7. The summed E-state index contributed by atoms with van der Waals surface area (Å²) in [7, 11) is 5.57. The number of amides is 4. The largest absolute Gasteiger partial charge is 0.497 e. The third-order valence-electron chi connectivity index (χ3n) is 6.47. The van der Waals surface area contributed by atoms with Gasteiger partial charge in [0.1, 0.15) is 11.8 Å². The molecule has 4 N–H and O–H groups in total. The average Bonchev–Trinajstić information content (AvgIpc) is 2.95. The molecule has 43 heavy (non-hydrogen) atoms. The van der Waals surface area contributed by atoms with Gasteiger partial charge in [0.25, 0.3) is 11.8 Å². The summed E-state index contributed by atoms with van der Waals surface area (Å²) in [5.41, 5.74) is 2.37. The molecule has 0 saturated heterocycles. The second-order valence-corrected chi connectivity index (χ2v) is 12.4. The summed E-state index contributed by atoms with van der Waals surface area (Å²) >= 11 is 0. The first-order valence-corrected chi connectivity index (χ1v) is 15.2. The van der Waals surface area contributed by atoms with Crippen LogP contribution in [0.4, 0.5) is 21.9 Å². The van der Waals surface area contributed by atoms with Gasteiger partial charge in [-0.25, -0.2) is 0 Å². The SMILES string of the molecule is [B]C(=O)N[C@@H](CCS(C)=O)C(=O)Nc1ccc(C(=O)Nc2ccc(OC)cc2)c(NC(=O)c2ccc(C(C)(C)C)cc2)c1. The number of benzene rings is 3. The molecule has 0 aliphatic heterocycles. The zero-order valence-electron chi connectivity index (χ0n) is 24.8. The van der Waals surface area contributed by atoms with Crippen molar-refractivity contribution in [1.82, 2.24) is 5.32 Å². The fourth-order valence-electron chi connectivity index (χ4n) is 4.07. The number of hydrogen-bond donors (Lipinski definition) is 4. The molecule has 0 spiro atoms. The molecule has 3 aromatic carbocycles. The van der Waals surface area contributed by atoms with Crippen LogP contribution >= 0.6 is 0 Å². The van der Waals surface area contributed by atoms with Crippen LogP contribution in [-0.4, -0.2) is 60.7 Å². The van der Waals surface area contributed by atoms with E-state index < -0.39 is 40.4 Å². The molecule has 0 heterocycles. The van der Waals surface area contributed by atoms with Crippen LogP contribution < -0.4 is 26.0 Å². The van der Waals surface area contributed by atoms with Crippen LogP contribution in [0.25, 0.3) is 0 Å². The standard InChI is InChI=1S/C31H35BN4O6S/c1-31(2,3)20-8-6-19(7-9-20)27(37)35-26-18-22(34-29(39)25(36-30(32)40)16-17-43(5)41)12-15-24(26)28(38)33-21-10-13-23(42-4)14-11-21/h6-15,18,25H,16-17H2,1-5H3,(H,33,38)(H,34,39)(H,35,37)(H,36,40)/t25-,43?/m0/s1. The summed E-state index contributed by atoms with van der Waals surface area (Å²) in [4.78, 5) is 51.0. The minimum atomic E-state index is -1.20. The highest BCUT2D eigenvalue weighted by molar-refractivity contribution is 7.84. The maximum atomic E-state index is 13.3. The van der Waals surface area contributed by atoms with Gasteiger partial charge in [-0.2, -0.15) is 0 Å². The smallest absolute Gasteiger partial charge is 0.257 e. The molecule has 1 unspecified atom stereocenters. The number of carbonyl (C=O) groups is 4. The van der Waals surface area contributed by atoms with Gasteiger partial charge >= 0.3 is 0 Å². The summed E-state index contributed by atoms with van der Waals surface area (Å²) in [5.74, 6) is -1.68. The molecule has 2 radical (unpaired) electrons. The molecule has 3 rings (SSSR count). The minimum Gasteiger partial charge on any atom is -0.497 e. The van der Waals surface area contributed by atoms with Crippen molar-refractivity contribution in [3.8, 4) is 5.75 Å². The number of nitrogens with one attached hydrogen (secondary N) is 4. The van der Waals surface area contributed by atoms with Crippen molar-refractivity contribution in [1.29, 1.82) is 0 Å². The lowest BCUT2D eigenvalue weighted by atomic mass is 9.86. The Morgan fingerprint density at radius 2 is 1.49 bits per heavy atom. The van der Waals surface area contributed by atoms with Crippen LogP contribution in [0.5, 0.6) is 5.75 Å². The second-order valence-electron chi connectivity index (χ2n) is 10.8. The normalized spacial score (nSPS) is 12.4. The number of methoxy groups -OCH3 is 1. The molecule has 4 amide bonds. The highest BCUT2D eigenvalue weighted by Crippen LogP contribution is 2.26. The lowest BCUT2D eigenvalue weighted by Gasteiger charge is -2.19. The Balaban J connectivity index is 1.91. The van der Waals surface area contributed by atoms with E-state index in [4.69, 9.17) is 12.6 Å². The minimum absolute atomic E-state index is 0.0917. The summed E-state index contributed by atoms with van der Waals surface area (Å²) in [5, 5.41) is 10.6. The summed E-state index contributed by atoms with van der Waals surface area (Å²) in [6, 6.07) is 17.3. The molecule has 0 fully saturated rings. The van der Waals surface area contributed by atoms with E-state index in [1.165, 1.54) is 31.6 Å². The van der Waals surface area contributed by atoms with Crippen LogP contribution in [0, 0.1) is 0 Å². The number of anilines is 3. The van der Waals surface area contributed by atoms with E-state index in [9.17, 15) is 23.4 Å². The Morgan fingerprint density at radius 3 is 2.05 bits per heavy atom. The average molecular weight is 603 g/mol. The van der Waals surface area contributed by atoms with Gasteiger partial charge < -0.3 is 26.0 Å². The Bertz CT molecular complexity index is 1500. The van der Waals surface area contributed by atoms with E-state index in [1.807, 2.05) is 12.1 Å². The van der Waals surface area contributed by atoms with Crippen molar-refractivity contribution < 1.29 is 28.1 Å². The molecular formula is C31H35BN4O6S. The highest BCUT2D eigenvalue weighted by Gasteiger charge is 2.22. The predicted molar refractivity (Wildman–Crippen MR) is 171 cm³/mol. The van der Waals surface area contributed by atoms with Crippen molar-refractivity contribution in [3.63, 3.8) is 0 Å². The van der Waals surface area contributed by atoms with Crippen LogP contribution in [0.2, 0.25) is 0 Å². The fraction of sp³-hybridized carbons (Fsp3) is 0.290. The van der Waals surface area contributed by atoms with E-state index >= 15 is 0 Å². The third kappa shape index (κ3) is 9.81. The molecule has 0 saturated carbocycles. The predicted octanol–water partition coefficient (Wildman–Crippen LogP) is 4.45. The topological polar surface area (TPSA) is 143 Å². The van der Waals surface area contributed by atoms with E-state index in [-0.39, 0.29) is 34.5 Å². The summed E-state index contributed by atoms with van der Waals surface area (Å²) in [6.07, 6.45) is 1.58. The lowest BCUT2D eigenvalue weighted by molar-refractivity contribution is -0.117. The van der Waals surface area contributed by atoms with Crippen molar-refractivity contribution in [2.45, 2.75) is 38.6 Å². The monoisotopic (exact) mass is 602 g/mol.